The summed E-state index contributed by atoms with van der Waals surface area (Å²) in [6.45, 7) is 3.79. The lowest BCUT2D eigenvalue weighted by Gasteiger charge is -2.02. The van der Waals surface area contributed by atoms with E-state index < -0.39 is 0 Å². The van der Waals surface area contributed by atoms with Crippen molar-refractivity contribution in [2.24, 2.45) is 0 Å². The number of pyridine rings is 1. The van der Waals surface area contributed by atoms with E-state index in [-0.39, 0.29) is 5.78 Å². The van der Waals surface area contributed by atoms with Gasteiger partial charge in [-0.05, 0) is 32.4 Å². The number of terminal acetylenes is 1. The maximum absolute atomic E-state index is 11.7. The first-order chi connectivity index (χ1) is 7.13. The van der Waals surface area contributed by atoms with Crippen molar-refractivity contribution in [3.8, 4) is 12.3 Å². The number of aryl methyl sites for hydroxylation is 2. The van der Waals surface area contributed by atoms with Gasteiger partial charge in [0.05, 0.1) is 0 Å². The Hall–Kier alpha value is -1.62. The first kappa shape index (κ1) is 11.5. The van der Waals surface area contributed by atoms with Crippen LogP contribution in [0.5, 0.6) is 0 Å². The Morgan fingerprint density at radius 2 is 2.00 bits per heavy atom. The summed E-state index contributed by atoms with van der Waals surface area (Å²) < 4.78 is 0. The molecular weight excluding hydrogens is 186 g/mol. The fraction of sp³-hybridized carbons (Fsp3) is 0.385. The second-order valence-corrected chi connectivity index (χ2v) is 3.62. The molecule has 2 heteroatoms. The van der Waals surface area contributed by atoms with Crippen LogP contribution in [0.1, 0.15) is 41.0 Å². The summed E-state index contributed by atoms with van der Waals surface area (Å²) in [5.74, 6) is 2.68. The van der Waals surface area contributed by atoms with Crippen molar-refractivity contribution in [2.75, 3.05) is 0 Å². The highest BCUT2D eigenvalue weighted by Crippen LogP contribution is 2.09. The number of carbonyl (C=O) groups is 1. The molecule has 0 atom stereocenters. The van der Waals surface area contributed by atoms with Crippen molar-refractivity contribution in [2.45, 2.75) is 33.1 Å². The Kier molecular flexibility index (Phi) is 4.05. The van der Waals surface area contributed by atoms with Crippen LogP contribution >= 0.6 is 0 Å². The summed E-state index contributed by atoms with van der Waals surface area (Å²) in [7, 11) is 0. The third-order valence-electron chi connectivity index (χ3n) is 2.13. The van der Waals surface area contributed by atoms with Gasteiger partial charge in [-0.25, -0.2) is 0 Å². The Morgan fingerprint density at radius 1 is 1.40 bits per heavy atom. The average Bonchev–Trinajstić information content (AvgIpc) is 2.16. The van der Waals surface area contributed by atoms with E-state index in [1.54, 1.807) is 0 Å². The second kappa shape index (κ2) is 5.31. The lowest BCUT2D eigenvalue weighted by molar-refractivity contribution is 0.0980. The van der Waals surface area contributed by atoms with E-state index in [2.05, 4.69) is 10.9 Å². The molecule has 1 heterocycles. The predicted octanol–water partition coefficient (Wildman–Crippen LogP) is 2.68. The van der Waals surface area contributed by atoms with Crippen molar-refractivity contribution in [3.63, 3.8) is 0 Å². The molecule has 0 amide bonds. The van der Waals surface area contributed by atoms with E-state index in [1.807, 2.05) is 26.0 Å². The van der Waals surface area contributed by atoms with Crippen LogP contribution in [0.25, 0.3) is 0 Å². The van der Waals surface area contributed by atoms with E-state index >= 15 is 0 Å². The van der Waals surface area contributed by atoms with Crippen LogP contribution in [-0.4, -0.2) is 10.8 Å². The molecule has 78 valence electrons. The standard InChI is InChI=1S/C13H15NO/c1-4-5-6-7-13(15)12-8-10(2)14-11(3)9-12/h1,8-9H,5-7H2,2-3H3. The molecule has 0 aliphatic rings. The zero-order valence-electron chi connectivity index (χ0n) is 9.21. The van der Waals surface area contributed by atoms with E-state index in [0.29, 0.717) is 12.8 Å². The molecule has 0 unspecified atom stereocenters. The maximum atomic E-state index is 11.7. The number of rotatable bonds is 4. The van der Waals surface area contributed by atoms with Gasteiger partial charge >= 0.3 is 0 Å². The van der Waals surface area contributed by atoms with Crippen LogP contribution in [0, 0.1) is 26.2 Å². The van der Waals surface area contributed by atoms with Gasteiger partial charge in [0.2, 0.25) is 0 Å². The average molecular weight is 201 g/mol. The first-order valence-corrected chi connectivity index (χ1v) is 5.05. The Bertz CT molecular complexity index is 381. The van der Waals surface area contributed by atoms with Gasteiger partial charge < -0.3 is 0 Å². The monoisotopic (exact) mass is 201 g/mol. The number of nitrogens with zero attached hydrogens (tertiary/aromatic N) is 1. The summed E-state index contributed by atoms with van der Waals surface area (Å²) in [6, 6.07) is 3.65. The van der Waals surface area contributed by atoms with Gasteiger partial charge in [0.25, 0.3) is 0 Å². The minimum atomic E-state index is 0.152. The number of aromatic nitrogens is 1. The number of carbonyl (C=O) groups excluding carboxylic acids is 1. The molecule has 1 aromatic rings. The Labute approximate surface area is 90.7 Å². The highest BCUT2D eigenvalue weighted by molar-refractivity contribution is 5.96. The molecule has 0 saturated heterocycles. The van der Waals surface area contributed by atoms with Gasteiger partial charge in [0.1, 0.15) is 0 Å². The zero-order valence-corrected chi connectivity index (χ0v) is 9.21. The van der Waals surface area contributed by atoms with Crippen molar-refractivity contribution >= 4 is 5.78 Å². The molecule has 0 aliphatic heterocycles. The molecule has 2 nitrogen and oxygen atoms in total. The van der Waals surface area contributed by atoms with Crippen LogP contribution < -0.4 is 0 Å². The lowest BCUT2D eigenvalue weighted by Crippen LogP contribution is -2.01. The normalized spacial score (nSPS) is 9.67. The number of hydrogen-bond donors (Lipinski definition) is 0. The second-order valence-electron chi connectivity index (χ2n) is 3.62. The van der Waals surface area contributed by atoms with E-state index in [1.165, 1.54) is 0 Å². The first-order valence-electron chi connectivity index (χ1n) is 5.05. The number of ketones is 1. The van der Waals surface area contributed by atoms with E-state index in [9.17, 15) is 4.79 Å². The smallest absolute Gasteiger partial charge is 0.163 e. The largest absolute Gasteiger partial charge is 0.294 e. The van der Waals surface area contributed by atoms with Gasteiger partial charge in [-0.15, -0.1) is 12.3 Å². The molecule has 0 N–H and O–H groups in total. The molecule has 0 fully saturated rings. The number of unbranched alkanes of at least 4 members (excludes halogenated alkanes) is 1. The van der Waals surface area contributed by atoms with Crippen LogP contribution in [-0.2, 0) is 0 Å². The molecule has 0 aromatic carbocycles. The van der Waals surface area contributed by atoms with Crippen LogP contribution in [0.3, 0.4) is 0 Å². The third kappa shape index (κ3) is 3.55. The molecular formula is C13H15NO. The minimum absolute atomic E-state index is 0.152. The predicted molar refractivity (Wildman–Crippen MR) is 60.7 cm³/mol. The Balaban J connectivity index is 2.70. The SMILES string of the molecule is C#CCCCC(=O)c1cc(C)nc(C)c1. The van der Waals surface area contributed by atoms with Gasteiger partial charge in [0, 0.05) is 29.8 Å². The molecule has 0 aliphatic carbocycles. The van der Waals surface area contributed by atoms with Gasteiger partial charge in [-0.3, -0.25) is 9.78 Å². The van der Waals surface area contributed by atoms with Crippen LogP contribution in [0.2, 0.25) is 0 Å². The Morgan fingerprint density at radius 3 is 2.53 bits per heavy atom. The lowest BCUT2D eigenvalue weighted by atomic mass is 10.1. The highest BCUT2D eigenvalue weighted by Gasteiger charge is 2.06. The summed E-state index contributed by atoms with van der Waals surface area (Å²) in [5, 5.41) is 0. The molecule has 15 heavy (non-hydrogen) atoms. The molecule has 0 spiro atoms. The zero-order chi connectivity index (χ0) is 11.3. The molecule has 1 rings (SSSR count). The van der Waals surface area contributed by atoms with Crippen LogP contribution in [0.15, 0.2) is 12.1 Å². The molecule has 0 bridgehead atoms. The number of Topliss-reactive ketones (excluding diaryl/α,β-unsaturated/α-hetero) is 1. The van der Waals surface area contributed by atoms with Gasteiger partial charge in [-0.1, -0.05) is 0 Å². The summed E-state index contributed by atoms with van der Waals surface area (Å²) in [4.78, 5) is 16.0. The minimum Gasteiger partial charge on any atom is -0.294 e. The highest BCUT2D eigenvalue weighted by atomic mass is 16.1. The number of hydrogen-bond acceptors (Lipinski definition) is 2. The summed E-state index contributed by atoms with van der Waals surface area (Å²) in [5.41, 5.74) is 2.52. The molecule has 0 saturated carbocycles. The van der Waals surface area contributed by atoms with Crippen molar-refractivity contribution in [3.05, 3.63) is 29.1 Å². The van der Waals surface area contributed by atoms with Crippen molar-refractivity contribution < 1.29 is 4.79 Å². The quantitative estimate of drug-likeness (QED) is 0.426. The maximum Gasteiger partial charge on any atom is 0.163 e. The van der Waals surface area contributed by atoms with Gasteiger partial charge in [-0.2, -0.15) is 0 Å². The van der Waals surface area contributed by atoms with Gasteiger partial charge in [0.15, 0.2) is 5.78 Å². The third-order valence-corrected chi connectivity index (χ3v) is 2.13. The summed E-state index contributed by atoms with van der Waals surface area (Å²) in [6.07, 6.45) is 7.07. The van der Waals surface area contributed by atoms with Crippen molar-refractivity contribution in [1.82, 2.24) is 4.98 Å². The topological polar surface area (TPSA) is 30.0 Å². The van der Waals surface area contributed by atoms with Crippen molar-refractivity contribution in [1.29, 1.82) is 0 Å². The fourth-order valence-corrected chi connectivity index (χ4v) is 1.49. The molecule has 1 aromatic heterocycles. The van der Waals surface area contributed by atoms with E-state index in [0.717, 1.165) is 23.4 Å². The van der Waals surface area contributed by atoms with E-state index in [4.69, 9.17) is 6.42 Å². The summed E-state index contributed by atoms with van der Waals surface area (Å²) >= 11 is 0. The molecule has 0 radical (unpaired) electrons. The fourth-order valence-electron chi connectivity index (χ4n) is 1.49. The van der Waals surface area contributed by atoms with Crippen LogP contribution in [0.4, 0.5) is 0 Å².